The van der Waals surface area contributed by atoms with Crippen molar-refractivity contribution in [3.63, 3.8) is 0 Å². The van der Waals surface area contributed by atoms with Gasteiger partial charge in [-0.15, -0.1) is 0 Å². The number of methoxy groups -OCH3 is 2. The summed E-state index contributed by atoms with van der Waals surface area (Å²) in [4.78, 5) is 14.7. The monoisotopic (exact) mass is 368 g/mol. The minimum absolute atomic E-state index is 0.00423. The lowest BCUT2D eigenvalue weighted by Gasteiger charge is -2.27. The number of ether oxygens (including phenoxy) is 2. The van der Waals surface area contributed by atoms with Crippen LogP contribution in [0.4, 0.5) is 4.79 Å². The number of carbonyl (C=O) groups excluding carboxylic acids is 1. The van der Waals surface area contributed by atoms with Crippen molar-refractivity contribution in [1.82, 2.24) is 10.2 Å². The minimum Gasteiger partial charge on any atom is -0.497 e. The molecule has 1 N–H and O–H groups in total. The van der Waals surface area contributed by atoms with E-state index in [4.69, 9.17) is 9.47 Å². The molecule has 0 aliphatic carbocycles. The molecule has 5 heteroatoms. The minimum atomic E-state index is -0.00423. The fourth-order valence-corrected chi connectivity index (χ4v) is 3.67. The summed E-state index contributed by atoms with van der Waals surface area (Å²) >= 11 is 0. The van der Waals surface area contributed by atoms with Crippen LogP contribution < -0.4 is 14.8 Å². The van der Waals surface area contributed by atoms with Gasteiger partial charge in [0.15, 0.2) is 0 Å². The Bertz CT molecular complexity index is 748. The van der Waals surface area contributed by atoms with Gasteiger partial charge in [-0.1, -0.05) is 30.3 Å². The van der Waals surface area contributed by atoms with E-state index in [2.05, 4.69) is 17.4 Å². The molecule has 0 aromatic heterocycles. The Morgan fingerprint density at radius 1 is 1.15 bits per heavy atom. The molecule has 27 heavy (non-hydrogen) atoms. The summed E-state index contributed by atoms with van der Waals surface area (Å²) in [5.41, 5.74) is 2.31. The third kappa shape index (κ3) is 4.73. The molecule has 0 bridgehead atoms. The Kier molecular flexibility index (Phi) is 6.58. The van der Waals surface area contributed by atoms with E-state index < -0.39 is 0 Å². The number of nitrogens with zero attached hydrogens (tertiary/aromatic N) is 1. The largest absolute Gasteiger partial charge is 0.497 e. The predicted molar refractivity (Wildman–Crippen MR) is 106 cm³/mol. The highest BCUT2D eigenvalue weighted by Gasteiger charge is 2.32. The van der Waals surface area contributed by atoms with Crippen LogP contribution in [-0.4, -0.2) is 38.2 Å². The van der Waals surface area contributed by atoms with E-state index >= 15 is 0 Å². The number of hydrogen-bond acceptors (Lipinski definition) is 3. The van der Waals surface area contributed by atoms with Crippen molar-refractivity contribution in [3.05, 3.63) is 59.7 Å². The van der Waals surface area contributed by atoms with Gasteiger partial charge in [0.05, 0.1) is 20.3 Å². The Hall–Kier alpha value is -2.69. The van der Waals surface area contributed by atoms with E-state index in [1.807, 2.05) is 41.3 Å². The number of benzene rings is 2. The lowest BCUT2D eigenvalue weighted by Crippen LogP contribution is -2.40. The van der Waals surface area contributed by atoms with Crippen LogP contribution >= 0.6 is 0 Å². The van der Waals surface area contributed by atoms with Crippen LogP contribution in [0.5, 0.6) is 11.5 Å². The summed E-state index contributed by atoms with van der Waals surface area (Å²) in [6.45, 7) is 1.43. The molecule has 1 heterocycles. The molecule has 0 saturated carbocycles. The van der Waals surface area contributed by atoms with Crippen LogP contribution in [0.25, 0.3) is 0 Å². The maximum Gasteiger partial charge on any atom is 0.317 e. The van der Waals surface area contributed by atoms with Gasteiger partial charge in [-0.2, -0.15) is 0 Å². The number of amides is 2. The summed E-state index contributed by atoms with van der Waals surface area (Å²) in [7, 11) is 3.31. The Balaban J connectivity index is 1.59. The average molecular weight is 368 g/mol. The Morgan fingerprint density at radius 3 is 2.70 bits per heavy atom. The first-order valence-electron chi connectivity index (χ1n) is 9.53. The zero-order valence-electron chi connectivity index (χ0n) is 16.1. The highest BCUT2D eigenvalue weighted by Crippen LogP contribution is 2.38. The van der Waals surface area contributed by atoms with Gasteiger partial charge in [0, 0.05) is 18.7 Å². The van der Waals surface area contributed by atoms with Gasteiger partial charge in [0.25, 0.3) is 0 Å². The molecule has 2 aromatic carbocycles. The summed E-state index contributed by atoms with van der Waals surface area (Å²) in [6, 6.07) is 16.1. The van der Waals surface area contributed by atoms with Crippen molar-refractivity contribution in [2.45, 2.75) is 31.7 Å². The van der Waals surface area contributed by atoms with Crippen molar-refractivity contribution in [3.8, 4) is 11.5 Å². The third-order valence-corrected chi connectivity index (χ3v) is 5.07. The normalized spacial score (nSPS) is 16.2. The number of rotatable bonds is 7. The number of urea groups is 1. The first-order valence-corrected chi connectivity index (χ1v) is 9.53. The molecule has 0 spiro atoms. The van der Waals surface area contributed by atoms with E-state index in [-0.39, 0.29) is 12.1 Å². The lowest BCUT2D eigenvalue weighted by molar-refractivity contribution is 0.192. The number of aryl methyl sites for hydroxylation is 1. The maximum absolute atomic E-state index is 12.7. The third-order valence-electron chi connectivity index (χ3n) is 5.07. The van der Waals surface area contributed by atoms with Crippen molar-refractivity contribution >= 4 is 6.03 Å². The van der Waals surface area contributed by atoms with Gasteiger partial charge in [-0.3, -0.25) is 0 Å². The Morgan fingerprint density at radius 2 is 1.96 bits per heavy atom. The van der Waals surface area contributed by atoms with Gasteiger partial charge >= 0.3 is 6.03 Å². The van der Waals surface area contributed by atoms with E-state index in [1.165, 1.54) is 5.56 Å². The SMILES string of the molecule is COc1ccc(OC)c(C2CCCN2C(=O)NCCCc2ccccc2)c1. The van der Waals surface area contributed by atoms with E-state index in [0.29, 0.717) is 6.54 Å². The fraction of sp³-hybridized carbons (Fsp3) is 0.409. The van der Waals surface area contributed by atoms with Crippen LogP contribution in [0.15, 0.2) is 48.5 Å². The molecular weight excluding hydrogens is 340 g/mol. The molecule has 1 aliphatic heterocycles. The molecule has 1 atom stereocenters. The summed E-state index contributed by atoms with van der Waals surface area (Å²) < 4.78 is 10.9. The van der Waals surface area contributed by atoms with Crippen LogP contribution in [0.3, 0.4) is 0 Å². The molecule has 1 saturated heterocycles. The van der Waals surface area contributed by atoms with E-state index in [0.717, 1.165) is 49.3 Å². The number of hydrogen-bond donors (Lipinski definition) is 1. The molecule has 1 aliphatic rings. The zero-order chi connectivity index (χ0) is 19.1. The standard InChI is InChI=1S/C22H28N2O3/c1-26-18-12-13-21(27-2)19(16-18)20-11-7-15-24(20)22(25)23-14-6-10-17-8-4-3-5-9-17/h3-5,8-9,12-13,16,20H,6-7,10-11,14-15H2,1-2H3,(H,23,25). The molecule has 2 amide bonds. The van der Waals surface area contributed by atoms with Gasteiger partial charge < -0.3 is 19.7 Å². The lowest BCUT2D eigenvalue weighted by atomic mass is 10.0. The molecule has 2 aromatic rings. The maximum atomic E-state index is 12.7. The second-order valence-electron chi connectivity index (χ2n) is 6.78. The van der Waals surface area contributed by atoms with Gasteiger partial charge in [-0.25, -0.2) is 4.79 Å². The molecule has 1 fully saturated rings. The van der Waals surface area contributed by atoms with E-state index in [1.54, 1.807) is 14.2 Å². The number of likely N-dealkylation sites (tertiary alicyclic amines) is 1. The molecule has 1 unspecified atom stereocenters. The summed E-state index contributed by atoms with van der Waals surface area (Å²) in [5.74, 6) is 1.57. The summed E-state index contributed by atoms with van der Waals surface area (Å²) in [5, 5.41) is 3.08. The first-order chi connectivity index (χ1) is 13.2. The summed E-state index contributed by atoms with van der Waals surface area (Å²) in [6.07, 6.45) is 3.81. The average Bonchev–Trinajstić information content (AvgIpc) is 3.21. The fourth-order valence-electron chi connectivity index (χ4n) is 3.67. The highest BCUT2D eigenvalue weighted by atomic mass is 16.5. The molecule has 5 nitrogen and oxygen atoms in total. The van der Waals surface area contributed by atoms with Crippen LogP contribution in [0.2, 0.25) is 0 Å². The van der Waals surface area contributed by atoms with E-state index in [9.17, 15) is 4.79 Å². The van der Waals surface area contributed by atoms with Crippen molar-refractivity contribution in [2.24, 2.45) is 0 Å². The molecular formula is C22H28N2O3. The van der Waals surface area contributed by atoms with Gasteiger partial charge in [0.2, 0.25) is 0 Å². The quantitative estimate of drug-likeness (QED) is 0.746. The number of nitrogens with one attached hydrogen (secondary N) is 1. The molecule has 0 radical (unpaired) electrons. The van der Waals surface area contributed by atoms with Crippen molar-refractivity contribution in [2.75, 3.05) is 27.3 Å². The zero-order valence-corrected chi connectivity index (χ0v) is 16.1. The van der Waals surface area contributed by atoms with Crippen molar-refractivity contribution in [1.29, 1.82) is 0 Å². The predicted octanol–water partition coefficient (Wildman–Crippen LogP) is 4.18. The highest BCUT2D eigenvalue weighted by molar-refractivity contribution is 5.75. The molecule has 3 rings (SSSR count). The molecule has 144 valence electrons. The smallest absolute Gasteiger partial charge is 0.317 e. The Labute approximate surface area is 161 Å². The van der Waals surface area contributed by atoms with Crippen LogP contribution in [0.1, 0.15) is 36.4 Å². The second kappa shape index (κ2) is 9.31. The van der Waals surface area contributed by atoms with Gasteiger partial charge in [0.1, 0.15) is 11.5 Å². The van der Waals surface area contributed by atoms with Crippen LogP contribution in [0, 0.1) is 0 Å². The van der Waals surface area contributed by atoms with Gasteiger partial charge in [-0.05, 0) is 49.4 Å². The van der Waals surface area contributed by atoms with Crippen LogP contribution in [-0.2, 0) is 6.42 Å². The topological polar surface area (TPSA) is 50.8 Å². The second-order valence-corrected chi connectivity index (χ2v) is 6.78. The van der Waals surface area contributed by atoms with Crippen molar-refractivity contribution < 1.29 is 14.3 Å². The first kappa shape index (κ1) is 19.1. The number of carbonyl (C=O) groups is 1.